The van der Waals surface area contributed by atoms with Gasteiger partial charge < -0.3 is 15.1 Å². The maximum atomic E-state index is 13.2. The molecule has 33 heavy (non-hydrogen) atoms. The summed E-state index contributed by atoms with van der Waals surface area (Å²) >= 11 is 0. The van der Waals surface area contributed by atoms with Gasteiger partial charge in [-0.25, -0.2) is 0 Å². The maximum absolute atomic E-state index is 13.2. The van der Waals surface area contributed by atoms with E-state index >= 15 is 0 Å². The molecule has 0 bridgehead atoms. The Morgan fingerprint density at radius 1 is 1.00 bits per heavy atom. The number of amides is 2. The third kappa shape index (κ3) is 4.37. The molecule has 1 saturated carbocycles. The van der Waals surface area contributed by atoms with Crippen LogP contribution in [0.1, 0.15) is 76.3 Å². The Bertz CT molecular complexity index is 915. The van der Waals surface area contributed by atoms with Gasteiger partial charge in [-0.15, -0.1) is 0 Å². The van der Waals surface area contributed by atoms with Crippen LogP contribution in [0, 0.1) is 5.92 Å². The molecule has 178 valence electrons. The van der Waals surface area contributed by atoms with E-state index in [2.05, 4.69) is 59.3 Å². The highest BCUT2D eigenvalue weighted by molar-refractivity contribution is 6.21. The zero-order valence-corrected chi connectivity index (χ0v) is 20.3. The molecule has 1 N–H and O–H groups in total. The van der Waals surface area contributed by atoms with Gasteiger partial charge >= 0.3 is 0 Å². The SMILES string of the molecule is CCC(CC)NC(=O)C1=CC2(CCN(C3CCN(C(=O)C4CC4)CC3)CC2)c2ccccc21. The lowest BCUT2D eigenvalue weighted by Gasteiger charge is -2.45. The summed E-state index contributed by atoms with van der Waals surface area (Å²) in [4.78, 5) is 30.4. The number of hydrogen-bond acceptors (Lipinski definition) is 3. The van der Waals surface area contributed by atoms with Crippen molar-refractivity contribution in [3.63, 3.8) is 0 Å². The van der Waals surface area contributed by atoms with Crippen LogP contribution < -0.4 is 5.32 Å². The molecule has 5 rings (SSSR count). The van der Waals surface area contributed by atoms with Crippen LogP contribution in [0.5, 0.6) is 0 Å². The number of nitrogens with one attached hydrogen (secondary N) is 1. The van der Waals surface area contributed by atoms with Crippen molar-refractivity contribution in [2.75, 3.05) is 26.2 Å². The van der Waals surface area contributed by atoms with Crippen molar-refractivity contribution >= 4 is 17.4 Å². The Morgan fingerprint density at radius 2 is 1.67 bits per heavy atom. The van der Waals surface area contributed by atoms with E-state index in [9.17, 15) is 9.59 Å². The van der Waals surface area contributed by atoms with Crippen LogP contribution in [0.2, 0.25) is 0 Å². The van der Waals surface area contributed by atoms with Gasteiger partial charge in [-0.1, -0.05) is 44.2 Å². The molecule has 0 aromatic heterocycles. The molecule has 2 saturated heterocycles. The molecule has 1 aromatic carbocycles. The highest BCUT2D eigenvalue weighted by atomic mass is 16.2. The average Bonchev–Trinajstić information content (AvgIpc) is 3.67. The zero-order chi connectivity index (χ0) is 23.0. The van der Waals surface area contributed by atoms with Crippen molar-refractivity contribution < 1.29 is 9.59 Å². The molecule has 2 amide bonds. The summed E-state index contributed by atoms with van der Waals surface area (Å²) in [6.45, 7) is 8.24. The summed E-state index contributed by atoms with van der Waals surface area (Å²) in [6, 6.07) is 9.37. The molecular weight excluding hydrogens is 410 g/mol. The molecular formula is C28H39N3O2. The smallest absolute Gasteiger partial charge is 0.251 e. The number of allylic oxidation sites excluding steroid dienone is 1. The number of carbonyl (C=O) groups is 2. The summed E-state index contributed by atoms with van der Waals surface area (Å²) in [7, 11) is 0. The van der Waals surface area contributed by atoms with Gasteiger partial charge in [-0.05, 0) is 75.6 Å². The Morgan fingerprint density at radius 3 is 2.30 bits per heavy atom. The van der Waals surface area contributed by atoms with Gasteiger partial charge in [0.15, 0.2) is 0 Å². The summed E-state index contributed by atoms with van der Waals surface area (Å²) in [5.41, 5.74) is 3.32. The number of nitrogens with zero attached hydrogens (tertiary/aromatic N) is 2. The molecule has 0 unspecified atom stereocenters. The molecule has 2 aliphatic heterocycles. The Balaban J connectivity index is 1.25. The lowest BCUT2D eigenvalue weighted by atomic mass is 9.74. The summed E-state index contributed by atoms with van der Waals surface area (Å²) in [5, 5.41) is 3.26. The third-order valence-corrected chi connectivity index (χ3v) is 8.65. The van der Waals surface area contributed by atoms with Crippen LogP contribution in [-0.4, -0.2) is 59.9 Å². The van der Waals surface area contributed by atoms with Crippen molar-refractivity contribution in [1.82, 2.24) is 15.1 Å². The molecule has 5 heteroatoms. The predicted molar refractivity (Wildman–Crippen MR) is 132 cm³/mol. The van der Waals surface area contributed by atoms with Crippen LogP contribution in [0.25, 0.3) is 5.57 Å². The lowest BCUT2D eigenvalue weighted by Crippen LogP contribution is -2.51. The number of likely N-dealkylation sites (tertiary alicyclic amines) is 2. The fourth-order valence-corrected chi connectivity index (χ4v) is 6.27. The lowest BCUT2D eigenvalue weighted by molar-refractivity contribution is -0.134. The number of rotatable bonds is 6. The number of carbonyl (C=O) groups excluding carboxylic acids is 2. The molecule has 1 aromatic rings. The van der Waals surface area contributed by atoms with Crippen LogP contribution in [0.15, 0.2) is 30.3 Å². The maximum Gasteiger partial charge on any atom is 0.251 e. The van der Waals surface area contributed by atoms with Crippen LogP contribution in [0.4, 0.5) is 0 Å². The van der Waals surface area contributed by atoms with Gasteiger partial charge in [0.1, 0.15) is 0 Å². The zero-order valence-electron chi connectivity index (χ0n) is 20.3. The topological polar surface area (TPSA) is 52.7 Å². The first kappa shape index (κ1) is 22.6. The summed E-state index contributed by atoms with van der Waals surface area (Å²) < 4.78 is 0. The minimum Gasteiger partial charge on any atom is -0.349 e. The monoisotopic (exact) mass is 449 g/mol. The molecule has 3 fully saturated rings. The van der Waals surface area contributed by atoms with Gasteiger partial charge in [0, 0.05) is 42.1 Å². The van der Waals surface area contributed by atoms with Crippen LogP contribution in [0.3, 0.4) is 0 Å². The third-order valence-electron chi connectivity index (χ3n) is 8.65. The first-order valence-electron chi connectivity index (χ1n) is 13.2. The number of piperidine rings is 2. The Kier molecular flexibility index (Phi) is 6.34. The predicted octanol–water partition coefficient (Wildman–Crippen LogP) is 4.12. The second kappa shape index (κ2) is 9.25. The van der Waals surface area contributed by atoms with E-state index in [1.807, 2.05) is 0 Å². The highest BCUT2D eigenvalue weighted by Crippen LogP contribution is 2.47. The first-order valence-corrected chi connectivity index (χ1v) is 13.2. The van der Waals surface area contributed by atoms with E-state index in [0.717, 1.165) is 88.7 Å². The molecule has 0 radical (unpaired) electrons. The highest BCUT2D eigenvalue weighted by Gasteiger charge is 2.43. The van der Waals surface area contributed by atoms with Crippen molar-refractivity contribution in [3.05, 3.63) is 41.5 Å². The van der Waals surface area contributed by atoms with E-state index in [1.165, 1.54) is 5.56 Å². The van der Waals surface area contributed by atoms with E-state index in [1.54, 1.807) is 0 Å². The largest absolute Gasteiger partial charge is 0.349 e. The molecule has 2 heterocycles. The first-order chi connectivity index (χ1) is 16.0. The summed E-state index contributed by atoms with van der Waals surface area (Å²) in [5.74, 6) is 0.822. The van der Waals surface area contributed by atoms with Crippen LogP contribution in [-0.2, 0) is 15.0 Å². The quantitative estimate of drug-likeness (QED) is 0.711. The van der Waals surface area contributed by atoms with E-state index in [4.69, 9.17) is 0 Å². The fraction of sp³-hybridized carbons (Fsp3) is 0.643. The summed E-state index contributed by atoms with van der Waals surface area (Å²) in [6.07, 6.45) is 10.7. The second-order valence-corrected chi connectivity index (χ2v) is 10.6. The van der Waals surface area contributed by atoms with Crippen molar-refractivity contribution in [1.29, 1.82) is 0 Å². The average molecular weight is 450 g/mol. The molecule has 0 atom stereocenters. The van der Waals surface area contributed by atoms with Crippen molar-refractivity contribution in [2.24, 2.45) is 5.92 Å². The molecule has 5 nitrogen and oxygen atoms in total. The Hall–Kier alpha value is -2.14. The van der Waals surface area contributed by atoms with Gasteiger partial charge in [-0.2, -0.15) is 0 Å². The van der Waals surface area contributed by atoms with E-state index in [-0.39, 0.29) is 17.4 Å². The number of benzene rings is 1. The fourth-order valence-electron chi connectivity index (χ4n) is 6.27. The van der Waals surface area contributed by atoms with Gasteiger partial charge in [0.25, 0.3) is 5.91 Å². The Labute approximate surface area is 198 Å². The second-order valence-electron chi connectivity index (χ2n) is 10.6. The molecule has 4 aliphatic rings. The van der Waals surface area contributed by atoms with Crippen LogP contribution >= 0.6 is 0 Å². The standard InChI is InChI=1S/C28H39N3O2/c1-3-21(4-2)29-26(32)24-19-28(25-8-6-5-7-23(24)25)13-17-30(18-14-28)22-11-15-31(16-12-22)27(33)20-9-10-20/h5-8,19-22H,3-4,9-18H2,1-2H3,(H,29,32). The van der Waals surface area contributed by atoms with Crippen molar-refractivity contribution in [3.8, 4) is 0 Å². The number of hydrogen-bond donors (Lipinski definition) is 1. The number of fused-ring (bicyclic) bond motifs is 2. The van der Waals surface area contributed by atoms with Gasteiger partial charge in [0.05, 0.1) is 0 Å². The normalized spacial score (nSPS) is 23.0. The molecule has 2 aliphatic carbocycles. The van der Waals surface area contributed by atoms with Gasteiger partial charge in [0.2, 0.25) is 5.91 Å². The van der Waals surface area contributed by atoms with E-state index < -0.39 is 0 Å². The van der Waals surface area contributed by atoms with Crippen molar-refractivity contribution in [2.45, 2.75) is 82.7 Å². The minimum atomic E-state index is -0.0175. The molecule has 1 spiro atoms. The van der Waals surface area contributed by atoms with Gasteiger partial charge in [-0.3, -0.25) is 9.59 Å². The van der Waals surface area contributed by atoms with E-state index in [0.29, 0.717) is 17.9 Å². The minimum absolute atomic E-state index is 0.0175.